The van der Waals surface area contributed by atoms with Crippen LogP contribution in [0.5, 0.6) is 0 Å². The van der Waals surface area contributed by atoms with E-state index in [1.165, 1.54) is 23.5 Å². The third-order valence-corrected chi connectivity index (χ3v) is 4.26. The zero-order valence-corrected chi connectivity index (χ0v) is 12.8. The predicted octanol–water partition coefficient (Wildman–Crippen LogP) is 4.32. The molecule has 0 N–H and O–H groups in total. The van der Waals surface area contributed by atoms with Gasteiger partial charge in [-0.15, -0.1) is 10.2 Å². The van der Waals surface area contributed by atoms with Crippen LogP contribution in [-0.2, 0) is 12.7 Å². The van der Waals surface area contributed by atoms with Crippen LogP contribution in [-0.4, -0.2) is 17.2 Å². The number of anilines is 1. The molecule has 1 heterocycles. The summed E-state index contributed by atoms with van der Waals surface area (Å²) in [7, 11) is 1.80. The van der Waals surface area contributed by atoms with Gasteiger partial charge in [0.1, 0.15) is 5.01 Å². The molecule has 0 radical (unpaired) electrons. The number of rotatable bonds is 4. The Bertz CT molecular complexity index is 608. The van der Waals surface area contributed by atoms with E-state index in [0.717, 1.165) is 11.1 Å². The minimum Gasteiger partial charge on any atom is -0.345 e. The summed E-state index contributed by atoms with van der Waals surface area (Å²) in [6, 6.07) is 5.34. The first-order valence-electron chi connectivity index (χ1n) is 6.48. The number of benzene rings is 1. The first-order valence-corrected chi connectivity index (χ1v) is 7.29. The van der Waals surface area contributed by atoms with Crippen molar-refractivity contribution in [1.82, 2.24) is 10.2 Å². The molecule has 0 saturated carbocycles. The van der Waals surface area contributed by atoms with Crippen LogP contribution in [0.3, 0.4) is 0 Å². The number of hydrogen-bond donors (Lipinski definition) is 0. The third-order valence-electron chi connectivity index (χ3n) is 2.92. The molecule has 114 valence electrons. The minimum absolute atomic E-state index is 0.290. The maximum Gasteiger partial charge on any atom is 0.416 e. The normalized spacial score (nSPS) is 12.0. The zero-order chi connectivity index (χ0) is 15.6. The highest BCUT2D eigenvalue weighted by Crippen LogP contribution is 2.30. The van der Waals surface area contributed by atoms with Gasteiger partial charge in [-0.2, -0.15) is 13.2 Å². The van der Waals surface area contributed by atoms with Crippen LogP contribution < -0.4 is 4.90 Å². The minimum atomic E-state index is -4.32. The van der Waals surface area contributed by atoms with Crippen molar-refractivity contribution in [2.24, 2.45) is 0 Å². The molecular formula is C14H16F3N3S. The topological polar surface area (TPSA) is 29.0 Å². The number of nitrogens with zero attached hydrogens (tertiary/aromatic N) is 3. The molecule has 3 nitrogen and oxygen atoms in total. The van der Waals surface area contributed by atoms with Crippen molar-refractivity contribution >= 4 is 16.5 Å². The van der Waals surface area contributed by atoms with Crippen molar-refractivity contribution in [3.05, 3.63) is 40.4 Å². The molecule has 1 aromatic heterocycles. The molecule has 7 heteroatoms. The fraction of sp³-hybridized carbons (Fsp3) is 0.429. The van der Waals surface area contributed by atoms with Crippen LogP contribution in [0.15, 0.2) is 24.3 Å². The van der Waals surface area contributed by atoms with Crippen LogP contribution in [0.4, 0.5) is 18.3 Å². The second-order valence-corrected chi connectivity index (χ2v) is 6.12. The summed E-state index contributed by atoms with van der Waals surface area (Å²) >= 11 is 1.46. The van der Waals surface area contributed by atoms with E-state index in [1.807, 2.05) is 13.8 Å². The molecule has 0 bridgehead atoms. The van der Waals surface area contributed by atoms with Crippen molar-refractivity contribution in [3.63, 3.8) is 0 Å². The van der Waals surface area contributed by atoms with Crippen LogP contribution >= 0.6 is 11.3 Å². The molecule has 0 unspecified atom stereocenters. The molecule has 0 fully saturated rings. The summed E-state index contributed by atoms with van der Waals surface area (Å²) in [5.41, 5.74) is -0.0397. The molecule has 0 aliphatic heterocycles. The molecule has 2 aromatic rings. The van der Waals surface area contributed by atoms with E-state index in [-0.39, 0.29) is 0 Å². The molecule has 1 aromatic carbocycles. The van der Waals surface area contributed by atoms with E-state index < -0.39 is 11.7 Å². The lowest BCUT2D eigenvalue weighted by molar-refractivity contribution is -0.137. The lowest BCUT2D eigenvalue weighted by Crippen LogP contribution is -2.16. The highest BCUT2D eigenvalue weighted by atomic mass is 32.1. The first kappa shape index (κ1) is 15.8. The largest absolute Gasteiger partial charge is 0.416 e. The van der Waals surface area contributed by atoms with Crippen molar-refractivity contribution in [1.29, 1.82) is 0 Å². The Balaban J connectivity index is 2.13. The van der Waals surface area contributed by atoms with E-state index in [0.29, 0.717) is 23.2 Å². The summed E-state index contributed by atoms with van der Waals surface area (Å²) in [5, 5.41) is 9.78. The van der Waals surface area contributed by atoms with Crippen molar-refractivity contribution in [3.8, 4) is 0 Å². The Morgan fingerprint density at radius 3 is 2.52 bits per heavy atom. The Labute approximate surface area is 125 Å². The average molecular weight is 315 g/mol. The van der Waals surface area contributed by atoms with Gasteiger partial charge in [-0.25, -0.2) is 0 Å². The third kappa shape index (κ3) is 3.93. The van der Waals surface area contributed by atoms with Crippen molar-refractivity contribution in [2.45, 2.75) is 32.5 Å². The van der Waals surface area contributed by atoms with Crippen LogP contribution in [0.25, 0.3) is 0 Å². The lowest BCUT2D eigenvalue weighted by atomic mass is 10.1. The maximum atomic E-state index is 12.7. The van der Waals surface area contributed by atoms with Gasteiger partial charge in [0.05, 0.1) is 5.56 Å². The van der Waals surface area contributed by atoms with Gasteiger partial charge in [-0.1, -0.05) is 37.3 Å². The Morgan fingerprint density at radius 2 is 1.95 bits per heavy atom. The number of aromatic nitrogens is 2. The second kappa shape index (κ2) is 6.01. The van der Waals surface area contributed by atoms with E-state index in [9.17, 15) is 13.2 Å². The second-order valence-electron chi connectivity index (χ2n) is 5.13. The quantitative estimate of drug-likeness (QED) is 0.841. The van der Waals surface area contributed by atoms with Crippen LogP contribution in [0, 0.1) is 0 Å². The molecule has 0 atom stereocenters. The standard InChI is InChI=1S/C14H16F3N3S/c1-9(2)12-18-19-13(21-12)20(3)8-10-5-4-6-11(7-10)14(15,16)17/h4-7,9H,8H2,1-3H3. The summed E-state index contributed by atoms with van der Waals surface area (Å²) in [5.74, 6) is 0.290. The number of alkyl halides is 3. The summed E-state index contributed by atoms with van der Waals surface area (Å²) in [6.07, 6.45) is -4.32. The smallest absolute Gasteiger partial charge is 0.345 e. The lowest BCUT2D eigenvalue weighted by Gasteiger charge is -2.16. The van der Waals surface area contributed by atoms with Gasteiger partial charge in [-0.05, 0) is 17.7 Å². The highest BCUT2D eigenvalue weighted by molar-refractivity contribution is 7.15. The van der Waals surface area contributed by atoms with E-state index in [4.69, 9.17) is 0 Å². The maximum absolute atomic E-state index is 12.7. The van der Waals surface area contributed by atoms with Gasteiger partial charge in [0.25, 0.3) is 0 Å². The Kier molecular flexibility index (Phi) is 4.51. The Morgan fingerprint density at radius 1 is 1.24 bits per heavy atom. The monoisotopic (exact) mass is 315 g/mol. The molecule has 0 aliphatic rings. The van der Waals surface area contributed by atoms with E-state index in [1.54, 1.807) is 18.0 Å². The van der Waals surface area contributed by atoms with E-state index >= 15 is 0 Å². The van der Waals surface area contributed by atoms with Crippen molar-refractivity contribution in [2.75, 3.05) is 11.9 Å². The molecule has 21 heavy (non-hydrogen) atoms. The molecule has 0 aliphatic carbocycles. The average Bonchev–Trinajstić information content (AvgIpc) is 2.88. The fourth-order valence-electron chi connectivity index (χ4n) is 1.80. The molecule has 2 rings (SSSR count). The van der Waals surface area contributed by atoms with Crippen molar-refractivity contribution < 1.29 is 13.2 Å². The Hall–Kier alpha value is -1.63. The fourth-order valence-corrected chi connectivity index (χ4v) is 2.61. The van der Waals surface area contributed by atoms with Gasteiger partial charge < -0.3 is 4.90 Å². The zero-order valence-electron chi connectivity index (χ0n) is 12.0. The van der Waals surface area contributed by atoms with E-state index in [2.05, 4.69) is 10.2 Å². The van der Waals surface area contributed by atoms with Crippen LogP contribution in [0.1, 0.15) is 35.9 Å². The van der Waals surface area contributed by atoms with Gasteiger partial charge in [-0.3, -0.25) is 0 Å². The summed E-state index contributed by atoms with van der Waals surface area (Å²) < 4.78 is 38.1. The van der Waals surface area contributed by atoms with Crippen LogP contribution in [0.2, 0.25) is 0 Å². The van der Waals surface area contributed by atoms with Gasteiger partial charge in [0.2, 0.25) is 5.13 Å². The molecule has 0 amide bonds. The number of hydrogen-bond acceptors (Lipinski definition) is 4. The molecule has 0 spiro atoms. The predicted molar refractivity (Wildman–Crippen MR) is 77.5 cm³/mol. The molecular weight excluding hydrogens is 299 g/mol. The SMILES string of the molecule is CC(C)c1nnc(N(C)Cc2cccc(C(F)(F)F)c2)s1. The number of halogens is 3. The first-order chi connectivity index (χ1) is 9.77. The summed E-state index contributed by atoms with van der Waals surface area (Å²) in [6.45, 7) is 4.41. The summed E-state index contributed by atoms with van der Waals surface area (Å²) in [4.78, 5) is 1.80. The van der Waals surface area contributed by atoms with Gasteiger partial charge in [0, 0.05) is 19.5 Å². The van der Waals surface area contributed by atoms with Gasteiger partial charge in [0.15, 0.2) is 0 Å². The van der Waals surface area contributed by atoms with Gasteiger partial charge >= 0.3 is 6.18 Å². The molecule has 0 saturated heterocycles. The highest BCUT2D eigenvalue weighted by Gasteiger charge is 2.30.